The molecule has 0 atom stereocenters. The molecule has 0 bridgehead atoms. The first-order valence-corrected chi connectivity index (χ1v) is 6.83. The number of nitrogens with one attached hydrogen (secondary N) is 1. The van der Waals surface area contributed by atoms with Crippen molar-refractivity contribution in [2.45, 2.75) is 6.92 Å². The van der Waals surface area contributed by atoms with Gasteiger partial charge in [-0.05, 0) is 36.8 Å². The molecule has 0 saturated heterocycles. The van der Waals surface area contributed by atoms with Crippen LogP contribution in [0.1, 0.15) is 11.1 Å². The van der Waals surface area contributed by atoms with Crippen molar-refractivity contribution < 1.29 is 9.72 Å². The van der Waals surface area contributed by atoms with Crippen molar-refractivity contribution in [3.8, 4) is 0 Å². The van der Waals surface area contributed by atoms with Crippen LogP contribution in [0.4, 0.5) is 11.4 Å². The second kappa shape index (κ2) is 6.87. The van der Waals surface area contributed by atoms with Crippen molar-refractivity contribution in [2.75, 3.05) is 5.32 Å². The van der Waals surface area contributed by atoms with Crippen LogP contribution in [0.2, 0.25) is 5.02 Å². The first-order chi connectivity index (χ1) is 10.5. The van der Waals surface area contributed by atoms with E-state index in [1.54, 1.807) is 49.4 Å². The molecule has 0 radical (unpaired) electrons. The number of benzene rings is 2. The van der Waals surface area contributed by atoms with Gasteiger partial charge in [0.05, 0.1) is 4.92 Å². The Morgan fingerprint density at radius 3 is 2.55 bits per heavy atom. The Labute approximate surface area is 132 Å². The molecular weight excluding hydrogens is 304 g/mol. The molecule has 1 N–H and O–H groups in total. The highest BCUT2D eigenvalue weighted by Crippen LogP contribution is 2.22. The fourth-order valence-electron chi connectivity index (χ4n) is 1.81. The summed E-state index contributed by atoms with van der Waals surface area (Å²) in [5.41, 5.74) is 1.72. The molecular formula is C16H13ClN2O3. The van der Waals surface area contributed by atoms with Crippen molar-refractivity contribution >= 4 is 35.0 Å². The minimum absolute atomic E-state index is 0.0283. The van der Waals surface area contributed by atoms with Gasteiger partial charge in [-0.3, -0.25) is 14.9 Å². The zero-order valence-electron chi connectivity index (χ0n) is 11.7. The molecule has 5 nitrogen and oxygen atoms in total. The molecule has 0 aliphatic heterocycles. The summed E-state index contributed by atoms with van der Waals surface area (Å²) < 4.78 is 0. The maximum Gasteiger partial charge on any atom is 0.274 e. The smallest absolute Gasteiger partial charge is 0.274 e. The topological polar surface area (TPSA) is 72.2 Å². The van der Waals surface area contributed by atoms with Gasteiger partial charge in [0.15, 0.2) is 0 Å². The van der Waals surface area contributed by atoms with E-state index in [1.807, 2.05) is 0 Å². The van der Waals surface area contributed by atoms with E-state index in [1.165, 1.54) is 12.1 Å². The number of hydrogen-bond donors (Lipinski definition) is 1. The first-order valence-electron chi connectivity index (χ1n) is 6.45. The largest absolute Gasteiger partial charge is 0.322 e. The lowest BCUT2D eigenvalue weighted by Gasteiger charge is -2.03. The number of carbonyl (C=O) groups is 1. The van der Waals surface area contributed by atoms with Crippen LogP contribution in [-0.4, -0.2) is 10.8 Å². The Balaban J connectivity index is 2.07. The molecule has 0 aromatic heterocycles. The molecule has 0 fully saturated rings. The van der Waals surface area contributed by atoms with Gasteiger partial charge in [-0.25, -0.2) is 0 Å². The van der Waals surface area contributed by atoms with E-state index in [9.17, 15) is 14.9 Å². The number of hydrogen-bond acceptors (Lipinski definition) is 3. The number of nitrogens with zero attached hydrogens (tertiary/aromatic N) is 1. The predicted molar refractivity (Wildman–Crippen MR) is 86.9 cm³/mol. The minimum Gasteiger partial charge on any atom is -0.322 e. The molecule has 0 unspecified atom stereocenters. The second-order valence-corrected chi connectivity index (χ2v) is 5.07. The summed E-state index contributed by atoms with van der Waals surface area (Å²) >= 11 is 5.78. The highest BCUT2D eigenvalue weighted by molar-refractivity contribution is 6.30. The van der Waals surface area contributed by atoms with Crippen molar-refractivity contribution in [1.29, 1.82) is 0 Å². The fraction of sp³-hybridized carbons (Fsp3) is 0.0625. The molecule has 6 heteroatoms. The van der Waals surface area contributed by atoms with Gasteiger partial charge in [0, 0.05) is 28.4 Å². The van der Waals surface area contributed by atoms with Gasteiger partial charge in [-0.2, -0.15) is 0 Å². The number of nitro benzene ring substituents is 1. The van der Waals surface area contributed by atoms with Crippen LogP contribution in [-0.2, 0) is 4.79 Å². The second-order valence-electron chi connectivity index (χ2n) is 4.63. The van der Waals surface area contributed by atoms with E-state index < -0.39 is 4.92 Å². The molecule has 0 saturated carbocycles. The van der Waals surface area contributed by atoms with Crippen molar-refractivity contribution in [3.05, 3.63) is 74.8 Å². The van der Waals surface area contributed by atoms with Crippen LogP contribution in [0, 0.1) is 17.0 Å². The summed E-state index contributed by atoms with van der Waals surface area (Å²) in [5, 5.41) is 14.1. The molecule has 0 heterocycles. The molecule has 2 rings (SSSR count). The zero-order valence-corrected chi connectivity index (χ0v) is 12.5. The van der Waals surface area contributed by atoms with Gasteiger partial charge in [-0.1, -0.05) is 29.8 Å². The Morgan fingerprint density at radius 1 is 1.23 bits per heavy atom. The molecule has 0 aliphatic carbocycles. The average Bonchev–Trinajstić information content (AvgIpc) is 2.48. The number of amides is 1. The van der Waals surface area contributed by atoms with E-state index in [0.29, 0.717) is 16.3 Å². The Morgan fingerprint density at radius 2 is 1.91 bits per heavy atom. The summed E-state index contributed by atoms with van der Waals surface area (Å²) in [7, 11) is 0. The summed E-state index contributed by atoms with van der Waals surface area (Å²) in [6.45, 7) is 1.64. The molecule has 2 aromatic rings. The molecule has 1 amide bonds. The molecule has 22 heavy (non-hydrogen) atoms. The number of nitro groups is 1. The van der Waals surface area contributed by atoms with Gasteiger partial charge in [0.1, 0.15) is 0 Å². The summed E-state index contributed by atoms with van der Waals surface area (Å²) in [4.78, 5) is 22.2. The van der Waals surface area contributed by atoms with Crippen LogP contribution in [0.3, 0.4) is 0 Å². The third-order valence-electron chi connectivity index (χ3n) is 2.97. The lowest BCUT2D eigenvalue weighted by molar-refractivity contribution is -0.385. The third-order valence-corrected chi connectivity index (χ3v) is 3.22. The lowest BCUT2D eigenvalue weighted by atomic mass is 10.2. The van der Waals surface area contributed by atoms with Crippen LogP contribution < -0.4 is 5.32 Å². The highest BCUT2D eigenvalue weighted by atomic mass is 35.5. The van der Waals surface area contributed by atoms with Crippen LogP contribution >= 0.6 is 11.6 Å². The maximum atomic E-state index is 11.8. The predicted octanol–water partition coefficient (Wildman–Crippen LogP) is 4.21. The number of halogens is 1. The highest BCUT2D eigenvalue weighted by Gasteiger charge is 2.11. The van der Waals surface area contributed by atoms with E-state index in [4.69, 9.17) is 11.6 Å². The van der Waals surface area contributed by atoms with Crippen LogP contribution in [0.5, 0.6) is 0 Å². The number of aryl methyl sites for hydroxylation is 1. The van der Waals surface area contributed by atoms with Gasteiger partial charge in [-0.15, -0.1) is 0 Å². The van der Waals surface area contributed by atoms with Gasteiger partial charge < -0.3 is 5.32 Å². The van der Waals surface area contributed by atoms with E-state index in [0.717, 1.165) is 5.56 Å². The standard InChI is InChI=1S/C16H13ClN2O3/c1-11-2-8-14(10-15(11)19(21)22)18-16(20)9-5-12-3-6-13(17)7-4-12/h2-10H,1H3,(H,18,20)/b9-5+. The van der Waals surface area contributed by atoms with Crippen molar-refractivity contribution in [3.63, 3.8) is 0 Å². The van der Waals surface area contributed by atoms with E-state index in [-0.39, 0.29) is 11.6 Å². The fourth-order valence-corrected chi connectivity index (χ4v) is 1.94. The van der Waals surface area contributed by atoms with Gasteiger partial charge in [0.2, 0.25) is 5.91 Å². The van der Waals surface area contributed by atoms with Gasteiger partial charge >= 0.3 is 0 Å². The Kier molecular flexibility index (Phi) is 4.91. The Hall–Kier alpha value is -2.66. The molecule has 2 aromatic carbocycles. The monoisotopic (exact) mass is 316 g/mol. The quantitative estimate of drug-likeness (QED) is 0.521. The lowest BCUT2D eigenvalue weighted by Crippen LogP contribution is -2.08. The Bertz CT molecular complexity index is 740. The minimum atomic E-state index is -0.478. The number of anilines is 1. The molecule has 0 spiro atoms. The number of carbonyl (C=O) groups excluding carboxylic acids is 1. The maximum absolute atomic E-state index is 11.8. The first kappa shape index (κ1) is 15.7. The van der Waals surface area contributed by atoms with Crippen LogP contribution in [0.15, 0.2) is 48.5 Å². The summed E-state index contributed by atoms with van der Waals surface area (Å²) in [5.74, 6) is -0.367. The number of rotatable bonds is 4. The zero-order chi connectivity index (χ0) is 16.1. The van der Waals surface area contributed by atoms with Crippen LogP contribution in [0.25, 0.3) is 6.08 Å². The average molecular weight is 317 g/mol. The molecule has 0 aliphatic rings. The van der Waals surface area contributed by atoms with Crippen molar-refractivity contribution in [2.24, 2.45) is 0 Å². The van der Waals surface area contributed by atoms with E-state index in [2.05, 4.69) is 5.32 Å². The van der Waals surface area contributed by atoms with E-state index >= 15 is 0 Å². The van der Waals surface area contributed by atoms with Crippen molar-refractivity contribution in [1.82, 2.24) is 0 Å². The SMILES string of the molecule is Cc1ccc(NC(=O)/C=C/c2ccc(Cl)cc2)cc1[N+](=O)[O-]. The normalized spacial score (nSPS) is 10.6. The molecule has 112 valence electrons. The van der Waals surface area contributed by atoms with Gasteiger partial charge in [0.25, 0.3) is 5.69 Å². The third kappa shape index (κ3) is 4.17. The summed E-state index contributed by atoms with van der Waals surface area (Å²) in [6, 6.07) is 11.6. The summed E-state index contributed by atoms with van der Waals surface area (Å²) in [6.07, 6.45) is 2.99.